The lowest BCUT2D eigenvalue weighted by molar-refractivity contribution is -0.137. The van der Waals surface area contributed by atoms with Gasteiger partial charge in [-0.2, -0.15) is 0 Å². The summed E-state index contributed by atoms with van der Waals surface area (Å²) in [6.07, 6.45) is 3.35. The van der Waals surface area contributed by atoms with E-state index in [1.165, 1.54) is 0 Å². The summed E-state index contributed by atoms with van der Waals surface area (Å²) in [6, 6.07) is 5.50. The SMILES string of the molecule is O=C1CCCN(C(=O)Cc2ccccn2)C1. The molecule has 1 amide bonds. The van der Waals surface area contributed by atoms with Gasteiger partial charge in [0.1, 0.15) is 0 Å². The fraction of sp³-hybridized carbons (Fsp3) is 0.417. The van der Waals surface area contributed by atoms with E-state index in [4.69, 9.17) is 0 Å². The molecule has 0 unspecified atom stereocenters. The van der Waals surface area contributed by atoms with Crippen LogP contribution in [0.3, 0.4) is 0 Å². The van der Waals surface area contributed by atoms with E-state index in [9.17, 15) is 9.59 Å². The zero-order valence-corrected chi connectivity index (χ0v) is 9.06. The summed E-state index contributed by atoms with van der Waals surface area (Å²) in [5, 5.41) is 0. The second-order valence-electron chi connectivity index (χ2n) is 3.96. The van der Waals surface area contributed by atoms with E-state index in [0.717, 1.165) is 12.1 Å². The molecule has 1 aromatic heterocycles. The van der Waals surface area contributed by atoms with Crippen molar-refractivity contribution in [3.8, 4) is 0 Å². The lowest BCUT2D eigenvalue weighted by Gasteiger charge is -2.25. The second-order valence-corrected chi connectivity index (χ2v) is 3.96. The van der Waals surface area contributed by atoms with Crippen molar-refractivity contribution in [3.63, 3.8) is 0 Å². The highest BCUT2D eigenvalue weighted by atomic mass is 16.2. The minimum Gasteiger partial charge on any atom is -0.335 e. The smallest absolute Gasteiger partial charge is 0.228 e. The Hall–Kier alpha value is -1.71. The first-order valence-corrected chi connectivity index (χ1v) is 5.45. The van der Waals surface area contributed by atoms with E-state index in [1.807, 2.05) is 18.2 Å². The number of aromatic nitrogens is 1. The molecule has 0 aliphatic carbocycles. The second kappa shape index (κ2) is 4.88. The highest BCUT2D eigenvalue weighted by Gasteiger charge is 2.21. The van der Waals surface area contributed by atoms with E-state index >= 15 is 0 Å². The van der Waals surface area contributed by atoms with Gasteiger partial charge < -0.3 is 4.90 Å². The van der Waals surface area contributed by atoms with Crippen LogP contribution in [-0.4, -0.2) is 34.7 Å². The number of likely N-dealkylation sites (tertiary alicyclic amines) is 1. The number of pyridine rings is 1. The third-order valence-electron chi connectivity index (χ3n) is 2.66. The predicted octanol–water partition coefficient (Wildman–Crippen LogP) is 0.816. The molecule has 2 rings (SSSR count). The van der Waals surface area contributed by atoms with Gasteiger partial charge in [-0.25, -0.2) is 0 Å². The topological polar surface area (TPSA) is 50.3 Å². The lowest BCUT2D eigenvalue weighted by Crippen LogP contribution is -2.41. The number of carbonyl (C=O) groups excluding carboxylic acids is 2. The third kappa shape index (κ3) is 2.66. The van der Waals surface area contributed by atoms with Crippen LogP contribution in [0.15, 0.2) is 24.4 Å². The van der Waals surface area contributed by atoms with Gasteiger partial charge in [0, 0.05) is 24.9 Å². The number of Topliss-reactive ketones (excluding diaryl/α,β-unsaturated/α-hetero) is 1. The highest BCUT2D eigenvalue weighted by molar-refractivity contribution is 5.87. The molecule has 4 nitrogen and oxygen atoms in total. The number of ketones is 1. The van der Waals surface area contributed by atoms with Crippen LogP contribution in [0.5, 0.6) is 0 Å². The number of amides is 1. The number of nitrogens with zero attached hydrogens (tertiary/aromatic N) is 2. The maximum Gasteiger partial charge on any atom is 0.228 e. The van der Waals surface area contributed by atoms with Crippen LogP contribution in [0.1, 0.15) is 18.5 Å². The maximum absolute atomic E-state index is 11.8. The fourth-order valence-electron chi connectivity index (χ4n) is 1.82. The van der Waals surface area contributed by atoms with E-state index in [1.54, 1.807) is 11.1 Å². The first kappa shape index (κ1) is 10.8. The molecule has 2 heterocycles. The van der Waals surface area contributed by atoms with Crippen molar-refractivity contribution in [2.75, 3.05) is 13.1 Å². The molecule has 16 heavy (non-hydrogen) atoms. The molecular weight excluding hydrogens is 204 g/mol. The molecule has 1 aliphatic rings. The van der Waals surface area contributed by atoms with E-state index in [0.29, 0.717) is 13.0 Å². The first-order chi connectivity index (χ1) is 7.75. The largest absolute Gasteiger partial charge is 0.335 e. The van der Waals surface area contributed by atoms with Crippen LogP contribution >= 0.6 is 0 Å². The molecule has 0 bridgehead atoms. The van der Waals surface area contributed by atoms with E-state index in [2.05, 4.69) is 4.98 Å². The molecule has 0 radical (unpaired) electrons. The Morgan fingerprint density at radius 1 is 1.44 bits per heavy atom. The molecule has 4 heteroatoms. The maximum atomic E-state index is 11.8. The minimum absolute atomic E-state index is 0.00764. The van der Waals surface area contributed by atoms with Crippen LogP contribution in [0.2, 0.25) is 0 Å². The Bertz CT molecular complexity index is 389. The molecule has 0 spiro atoms. The lowest BCUT2D eigenvalue weighted by atomic mass is 10.1. The van der Waals surface area contributed by atoms with Gasteiger partial charge in [0.25, 0.3) is 0 Å². The Morgan fingerprint density at radius 3 is 3.00 bits per heavy atom. The molecule has 1 fully saturated rings. The van der Waals surface area contributed by atoms with Gasteiger partial charge in [-0.05, 0) is 18.6 Å². The van der Waals surface area contributed by atoms with Crippen molar-refractivity contribution in [1.29, 1.82) is 0 Å². The Balaban J connectivity index is 1.95. The molecule has 84 valence electrons. The monoisotopic (exact) mass is 218 g/mol. The normalized spacial score (nSPS) is 16.2. The summed E-state index contributed by atoms with van der Waals surface area (Å²) in [6.45, 7) is 0.961. The van der Waals surface area contributed by atoms with Gasteiger partial charge in [0.2, 0.25) is 5.91 Å². The van der Waals surface area contributed by atoms with Gasteiger partial charge in [-0.1, -0.05) is 6.07 Å². The average Bonchev–Trinajstić information content (AvgIpc) is 2.30. The Kier molecular flexibility index (Phi) is 3.29. The van der Waals surface area contributed by atoms with Crippen LogP contribution in [0.4, 0.5) is 0 Å². The first-order valence-electron chi connectivity index (χ1n) is 5.45. The van der Waals surface area contributed by atoms with Crippen molar-refractivity contribution in [3.05, 3.63) is 30.1 Å². The van der Waals surface area contributed by atoms with Gasteiger partial charge in [0.05, 0.1) is 13.0 Å². The summed E-state index contributed by atoms with van der Waals surface area (Å²) in [4.78, 5) is 28.8. The Morgan fingerprint density at radius 2 is 2.31 bits per heavy atom. The molecular formula is C12H14N2O2. The van der Waals surface area contributed by atoms with Crippen LogP contribution < -0.4 is 0 Å². The van der Waals surface area contributed by atoms with Gasteiger partial charge in [-0.3, -0.25) is 14.6 Å². The number of piperidine rings is 1. The third-order valence-corrected chi connectivity index (χ3v) is 2.66. The molecule has 0 N–H and O–H groups in total. The highest BCUT2D eigenvalue weighted by Crippen LogP contribution is 2.08. The summed E-state index contributed by atoms with van der Waals surface area (Å²) < 4.78 is 0. The van der Waals surface area contributed by atoms with Crippen molar-refractivity contribution >= 4 is 11.7 Å². The number of hydrogen-bond donors (Lipinski definition) is 0. The van der Waals surface area contributed by atoms with Crippen molar-refractivity contribution in [1.82, 2.24) is 9.88 Å². The molecule has 1 saturated heterocycles. The fourth-order valence-corrected chi connectivity index (χ4v) is 1.82. The van der Waals surface area contributed by atoms with Crippen LogP contribution in [0.25, 0.3) is 0 Å². The molecule has 1 aromatic rings. The van der Waals surface area contributed by atoms with Crippen LogP contribution in [-0.2, 0) is 16.0 Å². The quantitative estimate of drug-likeness (QED) is 0.738. The summed E-state index contributed by atoms with van der Waals surface area (Å²) >= 11 is 0. The van der Waals surface area contributed by atoms with Crippen LogP contribution in [0, 0.1) is 0 Å². The summed E-state index contributed by atoms with van der Waals surface area (Å²) in [7, 11) is 0. The van der Waals surface area contributed by atoms with E-state index in [-0.39, 0.29) is 24.7 Å². The number of carbonyl (C=O) groups is 2. The predicted molar refractivity (Wildman–Crippen MR) is 58.8 cm³/mol. The van der Waals surface area contributed by atoms with Gasteiger partial charge >= 0.3 is 0 Å². The minimum atomic E-state index is -0.00764. The van der Waals surface area contributed by atoms with E-state index < -0.39 is 0 Å². The molecule has 1 aliphatic heterocycles. The average molecular weight is 218 g/mol. The standard InChI is InChI=1S/C12H14N2O2/c15-11-5-3-7-14(9-11)12(16)8-10-4-1-2-6-13-10/h1-2,4,6H,3,5,7-9H2. The zero-order valence-electron chi connectivity index (χ0n) is 9.06. The zero-order chi connectivity index (χ0) is 11.4. The van der Waals surface area contributed by atoms with Gasteiger partial charge in [-0.15, -0.1) is 0 Å². The molecule has 0 atom stereocenters. The Labute approximate surface area is 94.3 Å². The summed E-state index contributed by atoms with van der Waals surface area (Å²) in [5.74, 6) is 0.146. The van der Waals surface area contributed by atoms with Crippen molar-refractivity contribution in [2.24, 2.45) is 0 Å². The van der Waals surface area contributed by atoms with Crippen molar-refractivity contribution < 1.29 is 9.59 Å². The molecule has 0 saturated carbocycles. The number of rotatable bonds is 2. The number of hydrogen-bond acceptors (Lipinski definition) is 3. The molecule has 0 aromatic carbocycles. The van der Waals surface area contributed by atoms with Crippen molar-refractivity contribution in [2.45, 2.75) is 19.3 Å². The summed E-state index contributed by atoms with van der Waals surface area (Å²) in [5.41, 5.74) is 0.755. The van der Waals surface area contributed by atoms with Gasteiger partial charge in [0.15, 0.2) is 5.78 Å².